The molecule has 0 spiro atoms. The first-order valence-electron chi connectivity index (χ1n) is 9.84. The molecule has 1 saturated carbocycles. The first kappa shape index (κ1) is 19.4. The van der Waals surface area contributed by atoms with Gasteiger partial charge in [-0.1, -0.05) is 60.7 Å². The highest BCUT2D eigenvalue weighted by molar-refractivity contribution is 6.18. The van der Waals surface area contributed by atoms with E-state index in [0.717, 1.165) is 25.5 Å². The summed E-state index contributed by atoms with van der Waals surface area (Å²) < 4.78 is 0. The van der Waals surface area contributed by atoms with E-state index < -0.39 is 0 Å². The maximum Gasteiger partial charge on any atom is 0.0351 e. The summed E-state index contributed by atoms with van der Waals surface area (Å²) in [5, 5.41) is 0. The molecule has 0 unspecified atom stereocenters. The molecule has 0 bridgehead atoms. The van der Waals surface area contributed by atoms with Crippen LogP contribution in [0.4, 0.5) is 0 Å². The Morgan fingerprint density at radius 1 is 0.769 bits per heavy atom. The second-order valence-corrected chi connectivity index (χ2v) is 7.89. The van der Waals surface area contributed by atoms with Crippen molar-refractivity contribution >= 4 is 11.6 Å². The van der Waals surface area contributed by atoms with Gasteiger partial charge in [0.25, 0.3) is 0 Å². The topological polar surface area (TPSA) is 6.48 Å². The maximum atomic E-state index is 5.93. The molecule has 140 valence electrons. The SMILES string of the molecule is CN(CCCl)C1CCC(N(Cc2ccccc2)Cc2ccccc2)CC1. The molecule has 0 radical (unpaired) electrons. The second kappa shape index (κ2) is 10.1. The van der Waals surface area contributed by atoms with Gasteiger partial charge in [-0.25, -0.2) is 0 Å². The number of halogens is 1. The largest absolute Gasteiger partial charge is 0.302 e. The molecule has 0 aliphatic heterocycles. The fraction of sp³-hybridized carbons (Fsp3) is 0.478. The van der Waals surface area contributed by atoms with Crippen LogP contribution >= 0.6 is 11.6 Å². The zero-order valence-corrected chi connectivity index (χ0v) is 16.6. The van der Waals surface area contributed by atoms with Gasteiger partial charge < -0.3 is 4.90 Å². The van der Waals surface area contributed by atoms with Gasteiger partial charge in [0.15, 0.2) is 0 Å². The van der Waals surface area contributed by atoms with Crippen LogP contribution in [0.15, 0.2) is 60.7 Å². The summed E-state index contributed by atoms with van der Waals surface area (Å²) in [6.07, 6.45) is 5.10. The van der Waals surface area contributed by atoms with Crippen LogP contribution in [0.2, 0.25) is 0 Å². The summed E-state index contributed by atoms with van der Waals surface area (Å²) in [6.45, 7) is 3.06. The van der Waals surface area contributed by atoms with Crippen LogP contribution in [0.1, 0.15) is 36.8 Å². The van der Waals surface area contributed by atoms with E-state index in [0.29, 0.717) is 12.1 Å². The molecular weight excluding hydrogens is 340 g/mol. The second-order valence-electron chi connectivity index (χ2n) is 7.51. The van der Waals surface area contributed by atoms with Crippen LogP contribution in [0.5, 0.6) is 0 Å². The lowest BCUT2D eigenvalue weighted by molar-refractivity contribution is 0.0993. The third-order valence-corrected chi connectivity index (χ3v) is 5.87. The van der Waals surface area contributed by atoms with Gasteiger partial charge in [-0.05, 0) is 43.9 Å². The van der Waals surface area contributed by atoms with Crippen molar-refractivity contribution in [2.45, 2.75) is 50.9 Å². The summed E-state index contributed by atoms with van der Waals surface area (Å²) in [4.78, 5) is 5.13. The third kappa shape index (κ3) is 5.57. The minimum Gasteiger partial charge on any atom is -0.302 e. The van der Waals surface area contributed by atoms with Gasteiger partial charge in [-0.3, -0.25) is 4.90 Å². The third-order valence-electron chi connectivity index (χ3n) is 5.70. The predicted octanol–water partition coefficient (Wildman–Crippen LogP) is 5.17. The molecule has 2 aromatic rings. The van der Waals surface area contributed by atoms with Crippen LogP contribution < -0.4 is 0 Å². The molecule has 1 fully saturated rings. The van der Waals surface area contributed by atoms with Crippen molar-refractivity contribution in [2.75, 3.05) is 19.5 Å². The fourth-order valence-corrected chi connectivity index (χ4v) is 4.40. The number of alkyl halides is 1. The van der Waals surface area contributed by atoms with Gasteiger partial charge in [0.1, 0.15) is 0 Å². The molecular formula is C23H31ClN2. The molecule has 1 aliphatic carbocycles. The van der Waals surface area contributed by atoms with Crippen molar-refractivity contribution in [3.05, 3.63) is 71.8 Å². The Morgan fingerprint density at radius 3 is 1.69 bits per heavy atom. The van der Waals surface area contributed by atoms with Gasteiger partial charge in [0.2, 0.25) is 0 Å². The monoisotopic (exact) mass is 370 g/mol. The van der Waals surface area contributed by atoms with Crippen molar-refractivity contribution in [3.63, 3.8) is 0 Å². The highest BCUT2D eigenvalue weighted by atomic mass is 35.5. The van der Waals surface area contributed by atoms with Crippen molar-refractivity contribution in [1.82, 2.24) is 9.80 Å². The lowest BCUT2D eigenvalue weighted by Gasteiger charge is -2.39. The Hall–Kier alpha value is -1.35. The Balaban J connectivity index is 1.65. The van der Waals surface area contributed by atoms with Crippen LogP contribution in [-0.4, -0.2) is 41.4 Å². The van der Waals surface area contributed by atoms with Crippen molar-refractivity contribution < 1.29 is 0 Å². The van der Waals surface area contributed by atoms with E-state index in [1.165, 1.54) is 36.8 Å². The van der Waals surface area contributed by atoms with Crippen LogP contribution in [0.3, 0.4) is 0 Å². The summed E-state index contributed by atoms with van der Waals surface area (Å²) in [5.74, 6) is 0.727. The minimum absolute atomic E-state index is 0.663. The molecule has 3 heteroatoms. The number of nitrogens with zero attached hydrogens (tertiary/aromatic N) is 2. The zero-order valence-electron chi connectivity index (χ0n) is 15.9. The van der Waals surface area contributed by atoms with E-state index in [2.05, 4.69) is 77.5 Å². The van der Waals surface area contributed by atoms with E-state index in [1.54, 1.807) is 0 Å². The van der Waals surface area contributed by atoms with E-state index in [-0.39, 0.29) is 0 Å². The maximum absolute atomic E-state index is 5.93. The lowest BCUT2D eigenvalue weighted by Crippen LogP contribution is -2.43. The van der Waals surface area contributed by atoms with Crippen LogP contribution in [-0.2, 0) is 13.1 Å². The van der Waals surface area contributed by atoms with Crippen molar-refractivity contribution in [2.24, 2.45) is 0 Å². The molecule has 3 rings (SSSR count). The summed E-state index contributed by atoms with van der Waals surface area (Å²) in [5.41, 5.74) is 2.81. The van der Waals surface area contributed by atoms with Gasteiger partial charge in [-0.2, -0.15) is 0 Å². The summed E-state index contributed by atoms with van der Waals surface area (Å²) in [6, 6.07) is 23.1. The lowest BCUT2D eigenvalue weighted by atomic mass is 9.89. The van der Waals surface area contributed by atoms with Gasteiger partial charge in [0.05, 0.1) is 0 Å². The smallest absolute Gasteiger partial charge is 0.0351 e. The number of hydrogen-bond donors (Lipinski definition) is 0. The molecule has 0 aromatic heterocycles. The Bertz CT molecular complexity index is 582. The molecule has 2 nitrogen and oxygen atoms in total. The van der Waals surface area contributed by atoms with E-state index in [1.807, 2.05) is 0 Å². The van der Waals surface area contributed by atoms with Crippen molar-refractivity contribution in [3.8, 4) is 0 Å². The molecule has 0 saturated heterocycles. The molecule has 2 aromatic carbocycles. The average Bonchev–Trinajstić information content (AvgIpc) is 2.69. The average molecular weight is 371 g/mol. The number of rotatable bonds is 8. The summed E-state index contributed by atoms with van der Waals surface area (Å²) >= 11 is 5.93. The Kier molecular flexibility index (Phi) is 7.55. The number of hydrogen-bond acceptors (Lipinski definition) is 2. The molecule has 26 heavy (non-hydrogen) atoms. The van der Waals surface area contributed by atoms with Crippen LogP contribution in [0, 0.1) is 0 Å². The van der Waals surface area contributed by atoms with Crippen molar-refractivity contribution in [1.29, 1.82) is 0 Å². The first-order chi connectivity index (χ1) is 12.8. The molecule has 0 N–H and O–H groups in total. The Morgan fingerprint density at radius 2 is 1.23 bits per heavy atom. The highest BCUT2D eigenvalue weighted by Crippen LogP contribution is 2.28. The quantitative estimate of drug-likeness (QED) is 0.591. The van der Waals surface area contributed by atoms with E-state index in [9.17, 15) is 0 Å². The standard InChI is InChI=1S/C23H31ClN2/c1-25(17-16-24)22-12-14-23(15-13-22)26(18-20-8-4-2-5-9-20)19-21-10-6-3-7-11-21/h2-11,22-23H,12-19H2,1H3. The van der Waals surface area contributed by atoms with Gasteiger partial charge >= 0.3 is 0 Å². The molecule has 1 aliphatic rings. The first-order valence-corrected chi connectivity index (χ1v) is 10.4. The van der Waals surface area contributed by atoms with Gasteiger partial charge in [0, 0.05) is 37.6 Å². The normalized spacial score (nSPS) is 20.6. The van der Waals surface area contributed by atoms with Crippen LogP contribution in [0.25, 0.3) is 0 Å². The molecule has 0 atom stereocenters. The zero-order chi connectivity index (χ0) is 18.2. The predicted molar refractivity (Wildman–Crippen MR) is 112 cm³/mol. The van der Waals surface area contributed by atoms with E-state index in [4.69, 9.17) is 11.6 Å². The number of benzene rings is 2. The fourth-order valence-electron chi connectivity index (χ4n) is 4.13. The minimum atomic E-state index is 0.663. The van der Waals surface area contributed by atoms with E-state index >= 15 is 0 Å². The highest BCUT2D eigenvalue weighted by Gasteiger charge is 2.27. The summed E-state index contributed by atoms with van der Waals surface area (Å²) in [7, 11) is 2.22. The van der Waals surface area contributed by atoms with Gasteiger partial charge in [-0.15, -0.1) is 11.6 Å². The molecule has 0 heterocycles. The molecule has 0 amide bonds. The Labute approximate surface area is 163 Å².